The molecule has 5 rings (SSSR count). The van der Waals surface area contributed by atoms with Crippen LogP contribution in [0.2, 0.25) is 0 Å². The molecule has 3 aromatic carbocycles. The highest BCUT2D eigenvalue weighted by molar-refractivity contribution is 8.00. The minimum absolute atomic E-state index is 0.134. The summed E-state index contributed by atoms with van der Waals surface area (Å²) in [5.74, 6) is -1.98. The standard InChI is InChI=1S/C37H36N4O7S2/c1-3-30(35(44)40-36-32(37(45)48-2)27-18-8-5-9-20-31(27)50-36)49-26-17-12-16-25(22-26)38-34(43)28(39-33(42)23-13-6-4-7-14-23)21-24-15-10-11-19-29(24)41(46)47/h4,6-7,10-17,19,21-22,30H,3,5,8-9,18,20H2,1-2H3,(H,38,43)(H,39,42)(H,40,44)/b28-21+. The topological polar surface area (TPSA) is 157 Å². The Morgan fingerprint density at radius 3 is 2.44 bits per heavy atom. The molecule has 1 heterocycles. The molecule has 258 valence electrons. The van der Waals surface area contributed by atoms with E-state index >= 15 is 0 Å². The van der Waals surface area contributed by atoms with Gasteiger partial charge in [-0.15, -0.1) is 23.1 Å². The van der Waals surface area contributed by atoms with E-state index in [1.807, 2.05) is 13.0 Å². The fraction of sp³-hybridized carbons (Fsp3) is 0.243. The first-order valence-corrected chi connectivity index (χ1v) is 17.8. The van der Waals surface area contributed by atoms with Crippen molar-refractivity contribution in [2.24, 2.45) is 0 Å². The number of benzene rings is 3. The molecule has 1 aliphatic carbocycles. The number of carbonyl (C=O) groups excluding carboxylic acids is 4. The summed E-state index contributed by atoms with van der Waals surface area (Å²) >= 11 is 2.74. The fourth-order valence-corrected chi connectivity index (χ4v) is 7.84. The average molecular weight is 713 g/mol. The van der Waals surface area contributed by atoms with Crippen LogP contribution in [0.5, 0.6) is 0 Å². The number of aryl methyl sites for hydroxylation is 1. The highest BCUT2D eigenvalue weighted by Gasteiger charge is 2.28. The molecule has 1 aromatic heterocycles. The van der Waals surface area contributed by atoms with Crippen LogP contribution in [0.1, 0.15) is 69.3 Å². The largest absolute Gasteiger partial charge is 0.465 e. The number of esters is 1. The van der Waals surface area contributed by atoms with E-state index < -0.39 is 28.0 Å². The van der Waals surface area contributed by atoms with Gasteiger partial charge in [-0.2, -0.15) is 0 Å². The van der Waals surface area contributed by atoms with E-state index in [9.17, 15) is 29.3 Å². The number of ether oxygens (including phenoxy) is 1. The van der Waals surface area contributed by atoms with Crippen LogP contribution in [0.3, 0.4) is 0 Å². The monoisotopic (exact) mass is 712 g/mol. The number of nitrogens with zero attached hydrogens (tertiary/aromatic N) is 1. The third kappa shape index (κ3) is 8.84. The van der Waals surface area contributed by atoms with E-state index in [0.29, 0.717) is 33.1 Å². The maximum Gasteiger partial charge on any atom is 0.341 e. The lowest BCUT2D eigenvalue weighted by atomic mass is 10.1. The number of thioether (sulfide) groups is 1. The Labute approximate surface area is 297 Å². The maximum atomic E-state index is 13.6. The summed E-state index contributed by atoms with van der Waals surface area (Å²) in [6, 6.07) is 21.1. The van der Waals surface area contributed by atoms with E-state index in [-0.39, 0.29) is 22.9 Å². The zero-order valence-corrected chi connectivity index (χ0v) is 29.2. The van der Waals surface area contributed by atoms with Crippen molar-refractivity contribution in [2.75, 3.05) is 17.7 Å². The lowest BCUT2D eigenvalue weighted by Crippen LogP contribution is -2.30. The molecule has 1 atom stereocenters. The van der Waals surface area contributed by atoms with Gasteiger partial charge in [-0.25, -0.2) is 4.79 Å². The quantitative estimate of drug-likeness (QED) is 0.0338. The number of nitro groups is 1. The second-order valence-corrected chi connectivity index (χ2v) is 13.8. The fourth-order valence-electron chi connectivity index (χ4n) is 5.55. The smallest absolute Gasteiger partial charge is 0.341 e. The van der Waals surface area contributed by atoms with Gasteiger partial charge in [-0.1, -0.05) is 49.7 Å². The van der Waals surface area contributed by atoms with Crippen LogP contribution >= 0.6 is 23.1 Å². The Hall–Kier alpha value is -5.27. The van der Waals surface area contributed by atoms with Gasteiger partial charge in [0, 0.05) is 27.1 Å². The molecule has 0 saturated carbocycles. The van der Waals surface area contributed by atoms with Gasteiger partial charge < -0.3 is 20.7 Å². The molecule has 4 aromatic rings. The van der Waals surface area contributed by atoms with Gasteiger partial charge in [0.2, 0.25) is 5.91 Å². The number of methoxy groups -OCH3 is 1. The number of nitrogens with one attached hydrogen (secondary N) is 3. The van der Waals surface area contributed by atoms with Gasteiger partial charge in [-0.05, 0) is 80.1 Å². The molecular weight excluding hydrogens is 677 g/mol. The molecule has 0 bridgehead atoms. The first-order valence-electron chi connectivity index (χ1n) is 16.1. The third-order valence-corrected chi connectivity index (χ3v) is 10.6. The molecule has 3 amide bonds. The van der Waals surface area contributed by atoms with Crippen molar-refractivity contribution in [1.29, 1.82) is 0 Å². The summed E-state index contributed by atoms with van der Waals surface area (Å²) < 4.78 is 5.08. The van der Waals surface area contributed by atoms with Crippen LogP contribution in [-0.4, -0.2) is 41.0 Å². The van der Waals surface area contributed by atoms with Crippen molar-refractivity contribution in [1.82, 2.24) is 5.32 Å². The summed E-state index contributed by atoms with van der Waals surface area (Å²) in [6.07, 6.45) is 6.48. The molecule has 13 heteroatoms. The SMILES string of the molecule is CCC(Sc1cccc(NC(=O)/C(=C\c2ccccc2[N+](=O)[O-])NC(=O)c2ccccc2)c1)C(=O)Nc1sc2c(c1C(=O)OC)CCCCC2. The lowest BCUT2D eigenvalue weighted by molar-refractivity contribution is -0.385. The molecule has 11 nitrogen and oxygen atoms in total. The number of carbonyl (C=O) groups is 4. The summed E-state index contributed by atoms with van der Waals surface area (Å²) in [7, 11) is 1.34. The van der Waals surface area contributed by atoms with Gasteiger partial charge >= 0.3 is 5.97 Å². The predicted molar refractivity (Wildman–Crippen MR) is 196 cm³/mol. The first-order chi connectivity index (χ1) is 24.2. The normalized spacial score (nSPS) is 13.3. The second-order valence-electron chi connectivity index (χ2n) is 11.4. The number of fused-ring (bicyclic) bond motifs is 1. The number of thiophene rings is 1. The van der Waals surface area contributed by atoms with Crippen LogP contribution in [0.15, 0.2) is 89.5 Å². The van der Waals surface area contributed by atoms with Crippen molar-refractivity contribution in [3.8, 4) is 0 Å². The molecule has 3 N–H and O–H groups in total. The first kappa shape index (κ1) is 36.0. The van der Waals surface area contributed by atoms with Crippen molar-refractivity contribution >= 4 is 69.2 Å². The van der Waals surface area contributed by atoms with Crippen molar-refractivity contribution in [3.63, 3.8) is 0 Å². The molecule has 1 aliphatic rings. The van der Waals surface area contributed by atoms with Crippen LogP contribution < -0.4 is 16.0 Å². The average Bonchev–Trinajstić information content (AvgIpc) is 3.29. The van der Waals surface area contributed by atoms with E-state index in [1.165, 1.54) is 54.5 Å². The number of amides is 3. The third-order valence-electron chi connectivity index (χ3n) is 8.04. The van der Waals surface area contributed by atoms with Gasteiger partial charge in [0.15, 0.2) is 0 Å². The molecule has 0 saturated heterocycles. The minimum atomic E-state index is -0.702. The van der Waals surface area contributed by atoms with E-state index in [0.717, 1.165) is 42.5 Å². The Morgan fingerprint density at radius 2 is 1.70 bits per heavy atom. The van der Waals surface area contributed by atoms with Crippen molar-refractivity contribution < 1.29 is 28.8 Å². The summed E-state index contributed by atoms with van der Waals surface area (Å²) in [5.41, 5.74) is 1.79. The Morgan fingerprint density at radius 1 is 0.960 bits per heavy atom. The zero-order chi connectivity index (χ0) is 35.6. The van der Waals surface area contributed by atoms with Crippen LogP contribution in [-0.2, 0) is 27.2 Å². The number of rotatable bonds is 12. The van der Waals surface area contributed by atoms with Gasteiger partial charge in [-0.3, -0.25) is 24.5 Å². The number of hydrogen-bond donors (Lipinski definition) is 3. The van der Waals surface area contributed by atoms with Gasteiger partial charge in [0.1, 0.15) is 10.7 Å². The minimum Gasteiger partial charge on any atom is -0.465 e. The van der Waals surface area contributed by atoms with Crippen LogP contribution in [0.25, 0.3) is 6.08 Å². The van der Waals surface area contributed by atoms with E-state index in [2.05, 4.69) is 16.0 Å². The summed E-state index contributed by atoms with van der Waals surface area (Å²) in [5, 5.41) is 20.0. The van der Waals surface area contributed by atoms with Gasteiger partial charge in [0.25, 0.3) is 17.5 Å². The highest BCUT2D eigenvalue weighted by Crippen LogP contribution is 2.39. The predicted octanol–water partition coefficient (Wildman–Crippen LogP) is 7.63. The summed E-state index contributed by atoms with van der Waals surface area (Å²) in [4.78, 5) is 65.9. The van der Waals surface area contributed by atoms with Crippen LogP contribution in [0.4, 0.5) is 16.4 Å². The molecule has 50 heavy (non-hydrogen) atoms. The number of para-hydroxylation sites is 1. The molecule has 0 aliphatic heterocycles. The molecule has 0 spiro atoms. The Kier molecular flexibility index (Phi) is 12.2. The van der Waals surface area contributed by atoms with E-state index in [1.54, 1.807) is 54.6 Å². The van der Waals surface area contributed by atoms with Crippen LogP contribution in [0, 0.1) is 10.1 Å². The molecule has 0 fully saturated rings. The number of anilines is 2. The van der Waals surface area contributed by atoms with E-state index in [4.69, 9.17) is 4.74 Å². The van der Waals surface area contributed by atoms with Gasteiger partial charge in [0.05, 0.1) is 28.4 Å². The number of hydrogen-bond acceptors (Lipinski definition) is 9. The highest BCUT2D eigenvalue weighted by atomic mass is 32.2. The molecule has 1 unspecified atom stereocenters. The Bertz CT molecular complexity index is 1940. The lowest BCUT2D eigenvalue weighted by Gasteiger charge is -2.16. The second kappa shape index (κ2) is 16.9. The van der Waals surface area contributed by atoms with Crippen molar-refractivity contribution in [3.05, 3.63) is 122 Å². The number of nitro benzene ring substituents is 1. The van der Waals surface area contributed by atoms with Crippen molar-refractivity contribution in [2.45, 2.75) is 55.6 Å². The Balaban J connectivity index is 1.34. The summed E-state index contributed by atoms with van der Waals surface area (Å²) in [6.45, 7) is 1.89. The molecular formula is C37H36N4O7S2. The zero-order valence-electron chi connectivity index (χ0n) is 27.5. The molecule has 0 radical (unpaired) electrons. The maximum absolute atomic E-state index is 13.6.